The predicted octanol–water partition coefficient (Wildman–Crippen LogP) is 3.79. The molecule has 17 heavy (non-hydrogen) atoms. The Morgan fingerprint density at radius 3 is 2.24 bits per heavy atom. The van der Waals surface area contributed by atoms with Gasteiger partial charge in [0.2, 0.25) is 0 Å². The monoisotopic (exact) mass is 339 g/mol. The quantitative estimate of drug-likeness (QED) is 0.485. The third kappa shape index (κ3) is 2.82. The van der Waals surface area contributed by atoms with Gasteiger partial charge in [0, 0.05) is 21.6 Å². The van der Waals surface area contributed by atoms with E-state index < -0.39 is 0 Å². The summed E-state index contributed by atoms with van der Waals surface area (Å²) in [5.74, 6) is 0. The molecule has 3 nitrogen and oxygen atoms in total. The van der Waals surface area contributed by atoms with Crippen molar-refractivity contribution in [1.29, 1.82) is 0 Å². The molecule has 0 N–H and O–H groups in total. The lowest BCUT2D eigenvalue weighted by Gasteiger charge is -2.05. The van der Waals surface area contributed by atoms with E-state index in [-0.39, 0.29) is 10.6 Å². The number of halogens is 1. The van der Waals surface area contributed by atoms with Crippen LogP contribution in [-0.4, -0.2) is 4.92 Å². The lowest BCUT2D eigenvalue weighted by molar-refractivity contribution is -0.385. The van der Waals surface area contributed by atoms with Gasteiger partial charge < -0.3 is 0 Å². The molecule has 2 aromatic rings. The Morgan fingerprint density at radius 1 is 1.00 bits per heavy atom. The normalized spacial score (nSPS) is 10.2. The minimum Gasteiger partial charge on any atom is -0.258 e. The van der Waals surface area contributed by atoms with Crippen LogP contribution in [0.15, 0.2) is 48.5 Å². The molecule has 0 fully saturated rings. The van der Waals surface area contributed by atoms with Crippen molar-refractivity contribution in [3.63, 3.8) is 0 Å². The zero-order valence-corrected chi connectivity index (χ0v) is 11.1. The molecular formula is C13H10INO2. The average molecular weight is 339 g/mol. The largest absolute Gasteiger partial charge is 0.272 e. The molecule has 0 aromatic heterocycles. The number of benzene rings is 2. The van der Waals surface area contributed by atoms with E-state index >= 15 is 0 Å². The first-order valence-electron chi connectivity index (χ1n) is 5.14. The highest BCUT2D eigenvalue weighted by Gasteiger charge is 2.13. The van der Waals surface area contributed by atoms with Gasteiger partial charge in [0.1, 0.15) is 0 Å². The highest BCUT2D eigenvalue weighted by Crippen LogP contribution is 2.23. The minimum absolute atomic E-state index is 0.187. The predicted molar refractivity (Wildman–Crippen MR) is 75.1 cm³/mol. The molecule has 0 saturated carbocycles. The molecule has 0 aliphatic heterocycles. The second kappa shape index (κ2) is 5.27. The van der Waals surface area contributed by atoms with Crippen LogP contribution >= 0.6 is 22.6 Å². The fourth-order valence-corrected chi connectivity index (χ4v) is 2.26. The van der Waals surface area contributed by atoms with Gasteiger partial charge in [0.15, 0.2) is 0 Å². The smallest absolute Gasteiger partial charge is 0.258 e. The number of hydrogen-bond donors (Lipinski definition) is 0. The van der Waals surface area contributed by atoms with Crippen LogP contribution < -0.4 is 0 Å². The van der Waals surface area contributed by atoms with Gasteiger partial charge in [0.25, 0.3) is 5.69 Å². The van der Waals surface area contributed by atoms with Crippen LogP contribution in [0.2, 0.25) is 0 Å². The van der Waals surface area contributed by atoms with Crippen molar-refractivity contribution in [2.75, 3.05) is 0 Å². The highest BCUT2D eigenvalue weighted by molar-refractivity contribution is 14.1. The van der Waals surface area contributed by atoms with Crippen molar-refractivity contribution in [3.8, 4) is 0 Å². The van der Waals surface area contributed by atoms with Crippen molar-refractivity contribution in [1.82, 2.24) is 0 Å². The standard InChI is InChI=1S/C13H10INO2/c14-12-7-3-1-5-10(12)9-11-6-2-4-8-13(11)15(16)17/h1-8H,9H2. The summed E-state index contributed by atoms with van der Waals surface area (Å²) in [6.45, 7) is 0. The number of nitro groups is 1. The second-order valence-corrected chi connectivity index (χ2v) is 4.82. The van der Waals surface area contributed by atoms with Gasteiger partial charge in [-0.25, -0.2) is 0 Å². The number of nitrogens with zero attached hydrogens (tertiary/aromatic N) is 1. The van der Waals surface area contributed by atoms with Gasteiger partial charge in [0.05, 0.1) is 4.92 Å². The molecule has 0 unspecified atom stereocenters. The zero-order valence-electron chi connectivity index (χ0n) is 8.97. The van der Waals surface area contributed by atoms with E-state index in [1.165, 1.54) is 0 Å². The summed E-state index contributed by atoms with van der Waals surface area (Å²) in [6.07, 6.45) is 0.594. The Bertz CT molecular complexity index is 555. The van der Waals surface area contributed by atoms with Crippen LogP contribution in [0.5, 0.6) is 0 Å². The fourth-order valence-electron chi connectivity index (χ4n) is 1.69. The van der Waals surface area contributed by atoms with Crippen LogP contribution in [-0.2, 0) is 6.42 Å². The van der Waals surface area contributed by atoms with Crippen LogP contribution in [0, 0.1) is 13.7 Å². The Labute approximate surface area is 113 Å². The molecule has 0 radical (unpaired) electrons. The molecule has 0 spiro atoms. The van der Waals surface area contributed by atoms with Crippen LogP contribution in [0.25, 0.3) is 0 Å². The molecule has 2 aromatic carbocycles. The average Bonchev–Trinajstić information content (AvgIpc) is 2.32. The van der Waals surface area contributed by atoms with Gasteiger partial charge in [-0.3, -0.25) is 10.1 Å². The molecule has 4 heteroatoms. The number of para-hydroxylation sites is 1. The molecule has 0 amide bonds. The number of hydrogen-bond acceptors (Lipinski definition) is 2. The first-order valence-corrected chi connectivity index (χ1v) is 6.22. The van der Waals surface area contributed by atoms with Crippen molar-refractivity contribution < 1.29 is 4.92 Å². The van der Waals surface area contributed by atoms with Crippen molar-refractivity contribution >= 4 is 28.3 Å². The third-order valence-corrected chi connectivity index (χ3v) is 3.58. The molecule has 86 valence electrons. The van der Waals surface area contributed by atoms with Crippen LogP contribution in [0.4, 0.5) is 5.69 Å². The maximum Gasteiger partial charge on any atom is 0.272 e. The first kappa shape index (κ1) is 12.0. The first-order chi connectivity index (χ1) is 8.18. The Balaban J connectivity index is 2.37. The summed E-state index contributed by atoms with van der Waals surface area (Å²) in [7, 11) is 0. The van der Waals surface area contributed by atoms with E-state index in [0.29, 0.717) is 6.42 Å². The summed E-state index contributed by atoms with van der Waals surface area (Å²) < 4.78 is 1.13. The lowest BCUT2D eigenvalue weighted by Crippen LogP contribution is -1.97. The maximum atomic E-state index is 10.9. The summed E-state index contributed by atoms with van der Waals surface area (Å²) in [5.41, 5.74) is 2.05. The van der Waals surface area contributed by atoms with E-state index in [2.05, 4.69) is 22.6 Å². The molecule has 0 aliphatic carbocycles. The van der Waals surface area contributed by atoms with E-state index in [1.54, 1.807) is 18.2 Å². The van der Waals surface area contributed by atoms with Crippen LogP contribution in [0.1, 0.15) is 11.1 Å². The number of nitro benzene ring substituents is 1. The molecule has 0 saturated heterocycles. The van der Waals surface area contributed by atoms with E-state index in [1.807, 2.05) is 30.3 Å². The van der Waals surface area contributed by atoms with Crippen molar-refractivity contribution in [2.24, 2.45) is 0 Å². The van der Waals surface area contributed by atoms with Gasteiger partial charge in [-0.1, -0.05) is 36.4 Å². The molecule has 2 rings (SSSR count). The molecule has 0 aliphatic rings. The van der Waals surface area contributed by atoms with Gasteiger partial charge >= 0.3 is 0 Å². The van der Waals surface area contributed by atoms with E-state index in [9.17, 15) is 10.1 Å². The maximum absolute atomic E-state index is 10.9. The second-order valence-electron chi connectivity index (χ2n) is 3.65. The Kier molecular flexibility index (Phi) is 3.73. The Morgan fingerprint density at radius 2 is 1.59 bits per heavy atom. The zero-order chi connectivity index (χ0) is 12.3. The van der Waals surface area contributed by atoms with E-state index in [0.717, 1.165) is 14.7 Å². The summed E-state index contributed by atoms with van der Waals surface area (Å²) in [5, 5.41) is 10.9. The lowest BCUT2D eigenvalue weighted by atomic mass is 10.0. The van der Waals surface area contributed by atoms with Crippen LogP contribution in [0.3, 0.4) is 0 Å². The van der Waals surface area contributed by atoms with Gasteiger partial charge in [-0.15, -0.1) is 0 Å². The van der Waals surface area contributed by atoms with Crippen molar-refractivity contribution in [2.45, 2.75) is 6.42 Å². The molecular weight excluding hydrogens is 329 g/mol. The van der Waals surface area contributed by atoms with Gasteiger partial charge in [-0.2, -0.15) is 0 Å². The number of rotatable bonds is 3. The topological polar surface area (TPSA) is 43.1 Å². The van der Waals surface area contributed by atoms with Crippen molar-refractivity contribution in [3.05, 3.63) is 73.3 Å². The molecule has 0 atom stereocenters. The minimum atomic E-state index is -0.328. The Hall–Kier alpha value is -1.43. The fraction of sp³-hybridized carbons (Fsp3) is 0.0769. The summed E-state index contributed by atoms with van der Waals surface area (Å²) in [4.78, 5) is 10.6. The third-order valence-electron chi connectivity index (χ3n) is 2.53. The summed E-state index contributed by atoms with van der Waals surface area (Å²) >= 11 is 2.25. The molecule has 0 heterocycles. The SMILES string of the molecule is O=[N+]([O-])c1ccccc1Cc1ccccc1I. The van der Waals surface area contributed by atoms with E-state index in [4.69, 9.17) is 0 Å². The molecule has 0 bridgehead atoms. The van der Waals surface area contributed by atoms with Gasteiger partial charge in [-0.05, 0) is 34.2 Å². The highest BCUT2D eigenvalue weighted by atomic mass is 127. The summed E-state index contributed by atoms with van der Waals surface area (Å²) in [6, 6.07) is 14.8.